The van der Waals surface area contributed by atoms with Crippen molar-refractivity contribution in [3.63, 3.8) is 0 Å². The minimum Gasteiger partial charge on any atom is -0.207 e. The fourth-order valence-corrected chi connectivity index (χ4v) is 4.81. The molecular weight excluding hydrogens is 370 g/mol. The number of halogens is 2. The largest absolute Gasteiger partial charge is 0.242 e. The second-order valence-corrected chi connectivity index (χ2v) is 7.66. The van der Waals surface area contributed by atoms with Crippen LogP contribution in [0.3, 0.4) is 0 Å². The lowest BCUT2D eigenvalue weighted by atomic mass is 10.0. The van der Waals surface area contributed by atoms with Crippen molar-refractivity contribution >= 4 is 41.9 Å². The zero-order chi connectivity index (χ0) is 13.1. The zero-order valence-electron chi connectivity index (χ0n) is 9.70. The molecule has 0 spiro atoms. The summed E-state index contributed by atoms with van der Waals surface area (Å²) in [5.41, 5.74) is -0.475. The van der Waals surface area contributed by atoms with Crippen LogP contribution in [0.4, 0.5) is 0 Å². The molecule has 1 aromatic carbocycles. The van der Waals surface area contributed by atoms with Gasteiger partial charge in [0.25, 0.3) is 0 Å². The summed E-state index contributed by atoms with van der Waals surface area (Å²) < 4.78 is 27.6. The van der Waals surface area contributed by atoms with E-state index >= 15 is 0 Å². The molecule has 0 aliphatic carbocycles. The van der Waals surface area contributed by atoms with Gasteiger partial charge in [0.1, 0.15) is 0 Å². The van der Waals surface area contributed by atoms with Crippen molar-refractivity contribution in [2.45, 2.75) is 30.7 Å². The summed E-state index contributed by atoms with van der Waals surface area (Å²) in [4.78, 5) is 0.266. The second kappa shape index (κ2) is 5.82. The fraction of sp³-hybridized carbons (Fsp3) is 0.455. The Kier molecular flexibility index (Phi) is 5.19. The summed E-state index contributed by atoms with van der Waals surface area (Å²) in [6.07, 6.45) is 0.719. The molecule has 0 bridgehead atoms. The maximum Gasteiger partial charge on any atom is 0.242 e. The van der Waals surface area contributed by atoms with Crippen LogP contribution in [0.1, 0.15) is 20.3 Å². The predicted molar refractivity (Wildman–Crippen MR) is 77.0 cm³/mol. The molecule has 0 heterocycles. The van der Waals surface area contributed by atoms with Crippen LogP contribution >= 0.6 is 31.9 Å². The molecule has 0 aliphatic rings. The van der Waals surface area contributed by atoms with E-state index in [0.717, 1.165) is 11.8 Å². The van der Waals surface area contributed by atoms with E-state index in [4.69, 9.17) is 0 Å². The standard InChI is InChI=1S/C11H15Br2NO2S/c1-11(2,7-8-12)14-17(15,16)10-6-4-3-5-9(10)13/h3-6,14H,7-8H2,1-2H3. The molecule has 0 unspecified atom stereocenters. The van der Waals surface area contributed by atoms with Crippen molar-refractivity contribution < 1.29 is 8.42 Å². The number of benzene rings is 1. The van der Waals surface area contributed by atoms with Gasteiger partial charge in [0, 0.05) is 15.3 Å². The molecule has 0 aromatic heterocycles. The highest BCUT2D eigenvalue weighted by molar-refractivity contribution is 9.10. The molecule has 0 atom stereocenters. The van der Waals surface area contributed by atoms with E-state index in [9.17, 15) is 8.42 Å². The molecule has 1 N–H and O–H groups in total. The van der Waals surface area contributed by atoms with Crippen LogP contribution in [-0.2, 0) is 10.0 Å². The van der Waals surface area contributed by atoms with Gasteiger partial charge in [-0.3, -0.25) is 0 Å². The van der Waals surface area contributed by atoms with Gasteiger partial charge >= 0.3 is 0 Å². The Balaban J connectivity index is 3.02. The number of nitrogens with one attached hydrogen (secondary N) is 1. The summed E-state index contributed by atoms with van der Waals surface area (Å²) in [6.45, 7) is 3.73. The smallest absolute Gasteiger partial charge is 0.207 e. The number of hydrogen-bond donors (Lipinski definition) is 1. The summed E-state index contributed by atoms with van der Waals surface area (Å²) in [6, 6.07) is 6.78. The Morgan fingerprint density at radius 1 is 1.29 bits per heavy atom. The average Bonchev–Trinajstić information content (AvgIpc) is 2.15. The van der Waals surface area contributed by atoms with Crippen molar-refractivity contribution in [1.29, 1.82) is 0 Å². The Morgan fingerprint density at radius 3 is 2.41 bits per heavy atom. The van der Waals surface area contributed by atoms with Gasteiger partial charge in [0.15, 0.2) is 0 Å². The van der Waals surface area contributed by atoms with Gasteiger partial charge in [-0.05, 0) is 48.3 Å². The molecule has 96 valence electrons. The van der Waals surface area contributed by atoms with Crippen LogP contribution in [0.5, 0.6) is 0 Å². The predicted octanol–water partition coefficient (Wildman–Crippen LogP) is 3.29. The molecule has 0 amide bonds. The Bertz CT molecular complexity index is 486. The molecule has 0 radical (unpaired) electrons. The third-order valence-corrected chi connectivity index (χ3v) is 5.36. The number of rotatable bonds is 5. The molecule has 6 heteroatoms. The lowest BCUT2D eigenvalue weighted by molar-refractivity contribution is 0.443. The highest BCUT2D eigenvalue weighted by atomic mass is 79.9. The first-order valence-corrected chi connectivity index (χ1v) is 8.53. The molecule has 0 saturated carbocycles. The normalized spacial score (nSPS) is 12.7. The highest BCUT2D eigenvalue weighted by Crippen LogP contribution is 2.23. The van der Waals surface area contributed by atoms with Crippen LogP contribution in [-0.4, -0.2) is 19.3 Å². The Morgan fingerprint density at radius 2 is 1.88 bits per heavy atom. The number of alkyl halides is 1. The van der Waals surface area contributed by atoms with E-state index in [0.29, 0.717) is 4.47 Å². The average molecular weight is 385 g/mol. The summed E-state index contributed by atoms with van der Waals surface area (Å²) in [5, 5.41) is 0.748. The lowest BCUT2D eigenvalue weighted by Crippen LogP contribution is -2.43. The van der Waals surface area contributed by atoms with Gasteiger partial charge in [-0.15, -0.1) is 0 Å². The third kappa shape index (κ3) is 4.35. The van der Waals surface area contributed by atoms with Crippen LogP contribution in [0, 0.1) is 0 Å². The van der Waals surface area contributed by atoms with Gasteiger partial charge in [-0.2, -0.15) is 0 Å². The first kappa shape index (κ1) is 15.1. The molecule has 17 heavy (non-hydrogen) atoms. The van der Waals surface area contributed by atoms with Crippen molar-refractivity contribution in [2.24, 2.45) is 0 Å². The van der Waals surface area contributed by atoms with Crippen molar-refractivity contribution in [3.05, 3.63) is 28.7 Å². The monoisotopic (exact) mass is 383 g/mol. The molecule has 0 aliphatic heterocycles. The van der Waals surface area contributed by atoms with Crippen LogP contribution < -0.4 is 4.72 Å². The minimum absolute atomic E-state index is 0.266. The van der Waals surface area contributed by atoms with Crippen molar-refractivity contribution in [2.75, 3.05) is 5.33 Å². The van der Waals surface area contributed by atoms with Crippen LogP contribution in [0.25, 0.3) is 0 Å². The first-order chi connectivity index (χ1) is 7.78. The summed E-state index contributed by atoms with van der Waals surface area (Å²) >= 11 is 6.57. The van der Waals surface area contributed by atoms with E-state index in [1.165, 1.54) is 0 Å². The van der Waals surface area contributed by atoms with Crippen LogP contribution in [0.15, 0.2) is 33.6 Å². The Hall–Kier alpha value is 0.0900. The molecule has 1 aromatic rings. The van der Waals surface area contributed by atoms with Crippen LogP contribution in [0.2, 0.25) is 0 Å². The quantitative estimate of drug-likeness (QED) is 0.791. The SMILES string of the molecule is CC(C)(CCBr)NS(=O)(=O)c1ccccc1Br. The number of hydrogen-bond acceptors (Lipinski definition) is 2. The first-order valence-electron chi connectivity index (χ1n) is 5.13. The topological polar surface area (TPSA) is 46.2 Å². The van der Waals surface area contributed by atoms with E-state index in [2.05, 4.69) is 36.6 Å². The summed E-state index contributed by atoms with van der Waals surface area (Å²) in [7, 11) is -3.49. The van der Waals surface area contributed by atoms with Gasteiger partial charge in [0.2, 0.25) is 10.0 Å². The van der Waals surface area contributed by atoms with Gasteiger partial charge < -0.3 is 0 Å². The second-order valence-electron chi connectivity index (χ2n) is 4.36. The third-order valence-electron chi connectivity index (χ3n) is 2.26. The zero-order valence-corrected chi connectivity index (χ0v) is 13.7. The van der Waals surface area contributed by atoms with E-state index in [1.54, 1.807) is 24.3 Å². The lowest BCUT2D eigenvalue weighted by Gasteiger charge is -2.25. The van der Waals surface area contributed by atoms with Gasteiger partial charge in [0.05, 0.1) is 4.90 Å². The minimum atomic E-state index is -3.49. The molecule has 3 nitrogen and oxygen atoms in total. The van der Waals surface area contributed by atoms with Crippen molar-refractivity contribution in [3.8, 4) is 0 Å². The molecule has 1 rings (SSSR count). The van der Waals surface area contributed by atoms with Gasteiger partial charge in [-0.25, -0.2) is 13.1 Å². The Labute approximate surface area is 119 Å². The van der Waals surface area contributed by atoms with Crippen molar-refractivity contribution in [1.82, 2.24) is 4.72 Å². The van der Waals surface area contributed by atoms with Gasteiger partial charge in [-0.1, -0.05) is 28.1 Å². The fourth-order valence-electron chi connectivity index (χ4n) is 1.37. The molecular formula is C11H15Br2NO2S. The maximum atomic E-state index is 12.2. The van der Waals surface area contributed by atoms with E-state index in [1.807, 2.05) is 13.8 Å². The summed E-state index contributed by atoms with van der Waals surface area (Å²) in [5.74, 6) is 0. The number of sulfonamides is 1. The highest BCUT2D eigenvalue weighted by Gasteiger charge is 2.26. The van der Waals surface area contributed by atoms with E-state index < -0.39 is 15.6 Å². The molecule has 0 fully saturated rings. The maximum absolute atomic E-state index is 12.2. The van der Waals surface area contributed by atoms with E-state index in [-0.39, 0.29) is 4.90 Å². The molecule has 0 saturated heterocycles.